The van der Waals surface area contributed by atoms with E-state index in [-0.39, 0.29) is 0 Å². The van der Waals surface area contributed by atoms with Crippen LogP contribution in [0.25, 0.3) is 0 Å². The highest BCUT2D eigenvalue weighted by atomic mass is 79.9. The van der Waals surface area contributed by atoms with Gasteiger partial charge in [0.15, 0.2) is 0 Å². The molecule has 0 spiro atoms. The maximum Gasteiger partial charge on any atom is 0.147 e. The molecule has 1 heterocycles. The van der Waals surface area contributed by atoms with Gasteiger partial charge in [-0.15, -0.1) is 0 Å². The molecule has 0 unspecified atom stereocenters. The average Bonchev–Trinajstić information content (AvgIpc) is 2.28. The molecule has 5 heteroatoms. The van der Waals surface area contributed by atoms with Crippen molar-refractivity contribution in [1.82, 2.24) is 9.97 Å². The third-order valence-electron chi connectivity index (χ3n) is 2.42. The summed E-state index contributed by atoms with van der Waals surface area (Å²) in [7, 11) is 1.71. The van der Waals surface area contributed by atoms with Crippen LogP contribution in [0.4, 0.5) is 5.82 Å². The molecule has 0 aliphatic heterocycles. The number of nitrogens with zero attached hydrogens (tertiary/aromatic N) is 3. The van der Waals surface area contributed by atoms with Gasteiger partial charge in [0.25, 0.3) is 0 Å². The summed E-state index contributed by atoms with van der Waals surface area (Å²) in [6.07, 6.45) is 1.82. The van der Waals surface area contributed by atoms with Crippen LogP contribution in [0.15, 0.2) is 6.20 Å². The van der Waals surface area contributed by atoms with Crippen molar-refractivity contribution in [3.8, 4) is 0 Å². The molecule has 4 nitrogen and oxygen atoms in total. The Morgan fingerprint density at radius 3 is 2.62 bits per heavy atom. The van der Waals surface area contributed by atoms with Gasteiger partial charge < -0.3 is 9.64 Å². The fourth-order valence-electron chi connectivity index (χ4n) is 1.33. The Labute approximate surface area is 105 Å². The summed E-state index contributed by atoms with van der Waals surface area (Å²) in [5.74, 6) is 0.916. The summed E-state index contributed by atoms with van der Waals surface area (Å²) in [5, 5.41) is 0.908. The molecular weight excluding hydrogens is 270 g/mol. The third-order valence-corrected chi connectivity index (χ3v) is 2.78. The SMILES string of the molecule is COCCN(CCBr)c1cnc(C)c(C)n1. The molecule has 16 heavy (non-hydrogen) atoms. The van der Waals surface area contributed by atoms with Gasteiger partial charge in [-0.25, -0.2) is 4.98 Å². The Morgan fingerprint density at radius 1 is 1.31 bits per heavy atom. The van der Waals surface area contributed by atoms with Gasteiger partial charge in [0.05, 0.1) is 24.2 Å². The van der Waals surface area contributed by atoms with Crippen molar-refractivity contribution < 1.29 is 4.74 Å². The quantitative estimate of drug-likeness (QED) is 0.750. The monoisotopic (exact) mass is 287 g/mol. The van der Waals surface area contributed by atoms with Crippen molar-refractivity contribution in [2.45, 2.75) is 13.8 Å². The Bertz CT molecular complexity index is 333. The molecule has 0 saturated carbocycles. The van der Waals surface area contributed by atoms with Crippen LogP contribution in [0, 0.1) is 13.8 Å². The van der Waals surface area contributed by atoms with Gasteiger partial charge >= 0.3 is 0 Å². The lowest BCUT2D eigenvalue weighted by molar-refractivity contribution is 0.205. The molecule has 0 aliphatic carbocycles. The third kappa shape index (κ3) is 3.72. The van der Waals surface area contributed by atoms with E-state index in [0.717, 1.165) is 35.6 Å². The molecule has 0 saturated heterocycles. The first kappa shape index (κ1) is 13.4. The topological polar surface area (TPSA) is 38.2 Å². The van der Waals surface area contributed by atoms with E-state index in [1.807, 2.05) is 20.0 Å². The van der Waals surface area contributed by atoms with Gasteiger partial charge in [-0.05, 0) is 13.8 Å². The molecule has 1 aromatic heterocycles. The highest BCUT2D eigenvalue weighted by Crippen LogP contribution is 2.11. The predicted octanol–water partition coefficient (Wildman–Crippen LogP) is 1.94. The van der Waals surface area contributed by atoms with Gasteiger partial charge in [0.2, 0.25) is 0 Å². The van der Waals surface area contributed by atoms with E-state index in [1.165, 1.54) is 0 Å². The molecule has 0 aliphatic rings. The van der Waals surface area contributed by atoms with Crippen LogP contribution in [-0.2, 0) is 4.74 Å². The van der Waals surface area contributed by atoms with Crippen LogP contribution < -0.4 is 4.90 Å². The zero-order chi connectivity index (χ0) is 12.0. The number of hydrogen-bond donors (Lipinski definition) is 0. The minimum atomic E-state index is 0.696. The Morgan fingerprint density at radius 2 is 2.06 bits per heavy atom. The van der Waals surface area contributed by atoms with Crippen molar-refractivity contribution in [2.75, 3.05) is 37.0 Å². The molecule has 0 amide bonds. The zero-order valence-electron chi connectivity index (χ0n) is 10.0. The summed E-state index contributed by atoms with van der Waals surface area (Å²) in [4.78, 5) is 11.0. The van der Waals surface area contributed by atoms with E-state index >= 15 is 0 Å². The maximum absolute atomic E-state index is 5.09. The summed E-state index contributed by atoms with van der Waals surface area (Å²) >= 11 is 3.44. The van der Waals surface area contributed by atoms with Crippen LogP contribution in [0.2, 0.25) is 0 Å². The standard InChI is InChI=1S/C11H18BrN3O/c1-9-10(2)14-11(8-13-9)15(5-4-12)6-7-16-3/h8H,4-7H2,1-3H3. The van der Waals surface area contributed by atoms with Gasteiger partial charge in [-0.3, -0.25) is 4.98 Å². The number of halogens is 1. The van der Waals surface area contributed by atoms with E-state index in [0.29, 0.717) is 6.61 Å². The van der Waals surface area contributed by atoms with Gasteiger partial charge in [0, 0.05) is 25.5 Å². The predicted molar refractivity (Wildman–Crippen MR) is 69.4 cm³/mol. The summed E-state index contributed by atoms with van der Waals surface area (Å²) in [5.41, 5.74) is 1.96. The maximum atomic E-state index is 5.09. The minimum absolute atomic E-state index is 0.696. The Balaban J connectivity index is 2.78. The van der Waals surface area contributed by atoms with Crippen LogP contribution in [0.1, 0.15) is 11.4 Å². The number of anilines is 1. The fourth-order valence-corrected chi connectivity index (χ4v) is 1.75. The molecular formula is C11H18BrN3O. The van der Waals surface area contributed by atoms with Crippen LogP contribution >= 0.6 is 15.9 Å². The number of alkyl halides is 1. The normalized spacial score (nSPS) is 10.5. The lowest BCUT2D eigenvalue weighted by atomic mass is 10.3. The largest absolute Gasteiger partial charge is 0.383 e. The Hall–Kier alpha value is -0.680. The molecule has 0 radical (unpaired) electrons. The first-order valence-electron chi connectivity index (χ1n) is 5.29. The van der Waals surface area contributed by atoms with Gasteiger partial charge in [-0.1, -0.05) is 15.9 Å². The number of ether oxygens (including phenoxy) is 1. The highest BCUT2D eigenvalue weighted by molar-refractivity contribution is 9.09. The number of hydrogen-bond acceptors (Lipinski definition) is 4. The van der Waals surface area contributed by atoms with Crippen LogP contribution in [0.3, 0.4) is 0 Å². The smallest absolute Gasteiger partial charge is 0.147 e. The van der Waals surface area contributed by atoms with Crippen molar-refractivity contribution in [3.63, 3.8) is 0 Å². The van der Waals surface area contributed by atoms with Crippen molar-refractivity contribution in [3.05, 3.63) is 17.6 Å². The van der Waals surface area contributed by atoms with Crippen molar-refractivity contribution in [2.24, 2.45) is 0 Å². The number of rotatable bonds is 6. The van der Waals surface area contributed by atoms with Crippen molar-refractivity contribution >= 4 is 21.7 Å². The van der Waals surface area contributed by atoms with Crippen molar-refractivity contribution in [1.29, 1.82) is 0 Å². The van der Waals surface area contributed by atoms with Crippen LogP contribution in [-0.4, -0.2) is 42.1 Å². The van der Waals surface area contributed by atoms with Crippen LogP contribution in [0.5, 0.6) is 0 Å². The summed E-state index contributed by atoms with van der Waals surface area (Å²) in [6, 6.07) is 0. The van der Waals surface area contributed by atoms with E-state index < -0.39 is 0 Å². The Kier molecular flexibility index (Phi) is 5.69. The van der Waals surface area contributed by atoms with E-state index in [2.05, 4.69) is 30.8 Å². The van der Waals surface area contributed by atoms with E-state index in [1.54, 1.807) is 7.11 Å². The highest BCUT2D eigenvalue weighted by Gasteiger charge is 2.08. The molecule has 0 bridgehead atoms. The average molecular weight is 288 g/mol. The second kappa shape index (κ2) is 6.81. The molecule has 1 aromatic rings. The molecule has 0 aromatic carbocycles. The van der Waals surface area contributed by atoms with Gasteiger partial charge in [0.1, 0.15) is 5.82 Å². The molecule has 0 fully saturated rings. The summed E-state index contributed by atoms with van der Waals surface area (Å²) in [6.45, 7) is 6.38. The summed E-state index contributed by atoms with van der Waals surface area (Å²) < 4.78 is 5.09. The number of methoxy groups -OCH3 is 1. The fraction of sp³-hybridized carbons (Fsp3) is 0.636. The number of aryl methyl sites for hydroxylation is 2. The second-order valence-corrected chi connectivity index (χ2v) is 4.36. The lowest BCUT2D eigenvalue weighted by Gasteiger charge is -2.22. The molecule has 0 atom stereocenters. The van der Waals surface area contributed by atoms with Gasteiger partial charge in [-0.2, -0.15) is 0 Å². The second-order valence-electron chi connectivity index (χ2n) is 3.57. The molecule has 1 rings (SSSR count). The molecule has 90 valence electrons. The minimum Gasteiger partial charge on any atom is -0.383 e. The first-order valence-corrected chi connectivity index (χ1v) is 6.41. The zero-order valence-corrected chi connectivity index (χ0v) is 11.6. The van der Waals surface area contributed by atoms with E-state index in [4.69, 9.17) is 4.74 Å². The first-order chi connectivity index (χ1) is 7.69. The lowest BCUT2D eigenvalue weighted by Crippen LogP contribution is -2.30. The number of aromatic nitrogens is 2. The molecule has 0 N–H and O–H groups in total. The van der Waals surface area contributed by atoms with E-state index in [9.17, 15) is 0 Å².